The van der Waals surface area contributed by atoms with Crippen molar-refractivity contribution < 1.29 is 41.0 Å². The summed E-state index contributed by atoms with van der Waals surface area (Å²) in [6.45, 7) is -0.595. The first-order valence-electron chi connectivity index (χ1n) is 9.85. The molecule has 0 aliphatic heterocycles. The molecule has 3 rings (SSSR count). The molecule has 3 aromatic carbocycles. The lowest BCUT2D eigenvalue weighted by Gasteiger charge is -2.15. The van der Waals surface area contributed by atoms with Crippen molar-refractivity contribution in [2.24, 2.45) is 0 Å². The molecule has 0 atom stereocenters. The Morgan fingerprint density at radius 1 is 0.743 bits per heavy atom. The summed E-state index contributed by atoms with van der Waals surface area (Å²) < 4.78 is 83.2. The van der Waals surface area contributed by atoms with E-state index in [0.29, 0.717) is 5.56 Å². The maximum atomic E-state index is 13.0. The Morgan fingerprint density at radius 2 is 1.14 bits per heavy atom. The quantitative estimate of drug-likeness (QED) is 0.238. The smallest absolute Gasteiger partial charge is 0.416 e. The van der Waals surface area contributed by atoms with Crippen LogP contribution in [0.1, 0.15) is 27.8 Å². The van der Waals surface area contributed by atoms with Crippen molar-refractivity contribution in [1.29, 1.82) is 5.26 Å². The molecule has 0 bridgehead atoms. The number of hydrogen-bond acceptors (Lipinski definition) is 3. The van der Waals surface area contributed by atoms with Gasteiger partial charge in [0.25, 0.3) is 0 Å². The Morgan fingerprint density at radius 3 is 1.49 bits per heavy atom. The zero-order valence-electron chi connectivity index (χ0n) is 17.6. The summed E-state index contributed by atoms with van der Waals surface area (Å²) in [7, 11) is 0. The summed E-state index contributed by atoms with van der Waals surface area (Å²) in [5.41, 5.74) is -1.09. The molecule has 0 saturated carbocycles. The van der Waals surface area contributed by atoms with Gasteiger partial charge in [0.05, 0.1) is 16.7 Å². The number of allylic oxidation sites excluding steroid dienone is 1. The SMILES string of the molecule is N#CC(=C(c1ccc(C(F)(F)F)cc1)c1ccc(C(F)(F)F)cc1)c1ccc(OCC(=O)O)cc1. The van der Waals surface area contributed by atoms with E-state index >= 15 is 0 Å². The molecule has 0 amide bonds. The second kappa shape index (κ2) is 9.93. The van der Waals surface area contributed by atoms with E-state index in [-0.39, 0.29) is 28.0 Å². The van der Waals surface area contributed by atoms with Gasteiger partial charge in [0.15, 0.2) is 6.61 Å². The standard InChI is InChI=1S/C25H15F6NO3/c26-24(27,28)18-7-1-16(2-8-18)23(17-3-9-19(10-4-17)25(29,30)31)21(13-32)15-5-11-20(12-6-15)35-14-22(33)34/h1-12H,14H2,(H,33,34). The van der Waals surface area contributed by atoms with E-state index < -0.39 is 36.1 Å². The van der Waals surface area contributed by atoms with Crippen LogP contribution in [0, 0.1) is 11.3 Å². The number of rotatable bonds is 6. The van der Waals surface area contributed by atoms with Crippen LogP contribution in [0.3, 0.4) is 0 Å². The highest BCUT2D eigenvalue weighted by atomic mass is 19.4. The molecule has 4 nitrogen and oxygen atoms in total. The van der Waals surface area contributed by atoms with Crippen LogP contribution in [0.4, 0.5) is 26.3 Å². The lowest BCUT2D eigenvalue weighted by Crippen LogP contribution is -2.09. The minimum absolute atomic E-state index is 0.0192. The molecule has 180 valence electrons. The highest BCUT2D eigenvalue weighted by Crippen LogP contribution is 2.37. The second-order valence-electron chi connectivity index (χ2n) is 7.22. The summed E-state index contributed by atoms with van der Waals surface area (Å²) in [4.78, 5) is 10.7. The topological polar surface area (TPSA) is 70.3 Å². The highest BCUT2D eigenvalue weighted by Gasteiger charge is 2.31. The molecule has 0 fully saturated rings. The van der Waals surface area contributed by atoms with Crippen molar-refractivity contribution in [3.05, 3.63) is 101 Å². The van der Waals surface area contributed by atoms with Crippen LogP contribution in [0.25, 0.3) is 11.1 Å². The Bertz CT molecular complexity index is 1210. The van der Waals surface area contributed by atoms with Gasteiger partial charge in [-0.2, -0.15) is 31.6 Å². The molecule has 35 heavy (non-hydrogen) atoms. The molecule has 10 heteroatoms. The van der Waals surface area contributed by atoms with Gasteiger partial charge in [-0.3, -0.25) is 0 Å². The first-order valence-corrected chi connectivity index (χ1v) is 9.85. The van der Waals surface area contributed by atoms with Crippen LogP contribution in [0.2, 0.25) is 0 Å². The average molecular weight is 491 g/mol. The molecule has 3 aromatic rings. The van der Waals surface area contributed by atoms with Crippen LogP contribution in [-0.4, -0.2) is 17.7 Å². The van der Waals surface area contributed by atoms with Gasteiger partial charge in [0, 0.05) is 5.57 Å². The van der Waals surface area contributed by atoms with Crippen molar-refractivity contribution in [2.75, 3.05) is 6.61 Å². The second-order valence-corrected chi connectivity index (χ2v) is 7.22. The van der Waals surface area contributed by atoms with Gasteiger partial charge < -0.3 is 9.84 Å². The van der Waals surface area contributed by atoms with Gasteiger partial charge >= 0.3 is 18.3 Å². The summed E-state index contributed by atoms with van der Waals surface area (Å²) in [6, 6.07) is 15.4. The van der Waals surface area contributed by atoms with Gasteiger partial charge in [0.1, 0.15) is 11.8 Å². The molecular weight excluding hydrogens is 476 g/mol. The molecule has 0 aliphatic carbocycles. The lowest BCUT2D eigenvalue weighted by atomic mass is 9.89. The largest absolute Gasteiger partial charge is 0.482 e. The number of alkyl halides is 6. The van der Waals surface area contributed by atoms with Crippen molar-refractivity contribution in [1.82, 2.24) is 0 Å². The zero-order chi connectivity index (χ0) is 25.8. The molecule has 0 saturated heterocycles. The lowest BCUT2D eigenvalue weighted by molar-refractivity contribution is -0.139. The fourth-order valence-corrected chi connectivity index (χ4v) is 3.23. The van der Waals surface area contributed by atoms with E-state index in [1.165, 1.54) is 24.3 Å². The number of aliphatic carboxylic acids is 1. The number of carbonyl (C=O) groups is 1. The first kappa shape index (κ1) is 25.4. The van der Waals surface area contributed by atoms with Gasteiger partial charge in [-0.1, -0.05) is 24.3 Å². The molecule has 0 unspecified atom stereocenters. The Balaban J connectivity index is 2.15. The van der Waals surface area contributed by atoms with E-state index in [1.54, 1.807) is 0 Å². The Labute approximate surface area is 195 Å². The number of benzene rings is 3. The van der Waals surface area contributed by atoms with Crippen LogP contribution in [0.15, 0.2) is 72.8 Å². The van der Waals surface area contributed by atoms with Crippen LogP contribution < -0.4 is 4.74 Å². The zero-order valence-corrected chi connectivity index (χ0v) is 17.6. The first-order chi connectivity index (χ1) is 16.4. The molecule has 0 aliphatic rings. The number of hydrogen-bond donors (Lipinski definition) is 1. The normalized spacial score (nSPS) is 11.5. The fraction of sp³-hybridized carbons (Fsp3) is 0.120. The molecule has 0 heterocycles. The van der Waals surface area contributed by atoms with E-state index in [1.807, 2.05) is 6.07 Å². The molecule has 0 radical (unpaired) electrons. The number of carboxylic acid groups (broad SMARTS) is 1. The summed E-state index contributed by atoms with van der Waals surface area (Å²) in [5, 5.41) is 18.6. The van der Waals surface area contributed by atoms with Crippen molar-refractivity contribution in [3.63, 3.8) is 0 Å². The third kappa shape index (κ3) is 6.20. The van der Waals surface area contributed by atoms with Gasteiger partial charge in [0.2, 0.25) is 0 Å². The Hall–Kier alpha value is -4.26. The van der Waals surface area contributed by atoms with Crippen LogP contribution >= 0.6 is 0 Å². The third-order valence-corrected chi connectivity index (χ3v) is 4.87. The van der Waals surface area contributed by atoms with E-state index in [0.717, 1.165) is 48.5 Å². The predicted molar refractivity (Wildman–Crippen MR) is 114 cm³/mol. The Kier molecular flexibility index (Phi) is 7.20. The summed E-state index contributed by atoms with van der Waals surface area (Å²) in [5.74, 6) is -1.00. The molecule has 0 aromatic heterocycles. The van der Waals surface area contributed by atoms with Gasteiger partial charge in [-0.15, -0.1) is 0 Å². The van der Waals surface area contributed by atoms with Gasteiger partial charge in [-0.25, -0.2) is 4.79 Å². The van der Waals surface area contributed by atoms with Crippen LogP contribution in [0.5, 0.6) is 5.75 Å². The number of ether oxygens (including phenoxy) is 1. The number of nitrogens with zero attached hydrogens (tertiary/aromatic N) is 1. The van der Waals surface area contributed by atoms with E-state index in [2.05, 4.69) is 0 Å². The monoisotopic (exact) mass is 491 g/mol. The number of nitriles is 1. The van der Waals surface area contributed by atoms with Crippen molar-refractivity contribution in [2.45, 2.75) is 12.4 Å². The van der Waals surface area contributed by atoms with Crippen LogP contribution in [-0.2, 0) is 17.1 Å². The minimum Gasteiger partial charge on any atom is -0.482 e. The maximum absolute atomic E-state index is 13.0. The van der Waals surface area contributed by atoms with Gasteiger partial charge in [-0.05, 0) is 65.2 Å². The van der Waals surface area contributed by atoms with Crippen molar-refractivity contribution in [3.8, 4) is 11.8 Å². The molecule has 1 N–H and O–H groups in total. The molecule has 0 spiro atoms. The third-order valence-electron chi connectivity index (χ3n) is 4.87. The number of carboxylic acids is 1. The summed E-state index contributed by atoms with van der Waals surface area (Å²) >= 11 is 0. The number of halogens is 6. The molecular formula is C25H15F6NO3. The van der Waals surface area contributed by atoms with Crippen molar-refractivity contribution >= 4 is 17.1 Å². The van der Waals surface area contributed by atoms with E-state index in [9.17, 15) is 36.4 Å². The van der Waals surface area contributed by atoms with E-state index in [4.69, 9.17) is 9.84 Å². The highest BCUT2D eigenvalue weighted by molar-refractivity contribution is 6.03. The minimum atomic E-state index is -4.60. The maximum Gasteiger partial charge on any atom is 0.416 e. The average Bonchev–Trinajstić information content (AvgIpc) is 2.80. The summed E-state index contributed by atoms with van der Waals surface area (Å²) in [6.07, 6.45) is -9.19. The fourth-order valence-electron chi connectivity index (χ4n) is 3.23. The predicted octanol–water partition coefficient (Wildman–Crippen LogP) is 6.67.